The second-order valence-corrected chi connectivity index (χ2v) is 5.19. The zero-order valence-corrected chi connectivity index (χ0v) is 11.6. The Labute approximate surface area is 112 Å². The molecule has 19 heavy (non-hydrogen) atoms. The lowest BCUT2D eigenvalue weighted by Crippen LogP contribution is -2.37. The number of methoxy groups -OCH3 is 1. The Morgan fingerprint density at radius 2 is 1.89 bits per heavy atom. The molecule has 0 aromatic rings. The number of ether oxygens (including phenoxy) is 1. The van der Waals surface area contributed by atoms with E-state index in [2.05, 4.69) is 4.74 Å². The molecule has 0 aliphatic heterocycles. The number of amides is 1. The van der Waals surface area contributed by atoms with Crippen LogP contribution in [0.25, 0.3) is 0 Å². The molecule has 6 nitrogen and oxygen atoms in total. The van der Waals surface area contributed by atoms with Crippen LogP contribution in [-0.4, -0.2) is 48.6 Å². The fourth-order valence-corrected chi connectivity index (χ4v) is 2.52. The predicted octanol–water partition coefficient (Wildman–Crippen LogP) is 0.755. The van der Waals surface area contributed by atoms with E-state index in [1.807, 2.05) is 0 Å². The highest BCUT2D eigenvalue weighted by Gasteiger charge is 2.35. The number of esters is 1. The Bertz CT molecular complexity index is 368. The van der Waals surface area contributed by atoms with Crippen LogP contribution in [0.5, 0.6) is 0 Å². The quantitative estimate of drug-likeness (QED) is 0.746. The lowest BCUT2D eigenvalue weighted by molar-refractivity contribution is -0.146. The van der Waals surface area contributed by atoms with Gasteiger partial charge in [-0.3, -0.25) is 14.4 Å². The standard InChI is InChI=1S/C13H21NO5/c1-8(13(18)19-3)7-14(2)11(15)9-4-5-10(6-9)12(16)17/h8-10H,4-7H2,1-3H3,(H,16,17)/t8?,9-,10+/m1/s1. The second-order valence-electron chi connectivity index (χ2n) is 5.19. The van der Waals surface area contributed by atoms with Crippen LogP contribution in [0.2, 0.25) is 0 Å². The third kappa shape index (κ3) is 3.94. The van der Waals surface area contributed by atoms with Crippen molar-refractivity contribution in [3.63, 3.8) is 0 Å². The Kier molecular flexibility index (Phi) is 5.32. The molecule has 1 rings (SSSR count). The lowest BCUT2D eigenvalue weighted by atomic mass is 10.0. The van der Waals surface area contributed by atoms with E-state index in [1.54, 1.807) is 14.0 Å². The van der Waals surface area contributed by atoms with E-state index in [-0.39, 0.29) is 23.7 Å². The molecule has 0 bridgehead atoms. The van der Waals surface area contributed by atoms with E-state index in [1.165, 1.54) is 12.0 Å². The summed E-state index contributed by atoms with van der Waals surface area (Å²) in [4.78, 5) is 35.8. The number of carboxylic acid groups (broad SMARTS) is 1. The summed E-state index contributed by atoms with van der Waals surface area (Å²) in [5.41, 5.74) is 0. The van der Waals surface area contributed by atoms with Gasteiger partial charge in [-0.2, -0.15) is 0 Å². The molecule has 1 fully saturated rings. The molecule has 0 aromatic heterocycles. The summed E-state index contributed by atoms with van der Waals surface area (Å²) in [6.07, 6.45) is 1.55. The van der Waals surface area contributed by atoms with E-state index in [4.69, 9.17) is 5.11 Å². The first-order chi connectivity index (χ1) is 8.86. The van der Waals surface area contributed by atoms with Crippen LogP contribution >= 0.6 is 0 Å². The number of carbonyl (C=O) groups excluding carboxylic acids is 2. The molecule has 0 heterocycles. The van der Waals surface area contributed by atoms with Crippen molar-refractivity contribution in [2.24, 2.45) is 17.8 Å². The van der Waals surface area contributed by atoms with Gasteiger partial charge in [0.1, 0.15) is 0 Å². The van der Waals surface area contributed by atoms with Gasteiger partial charge in [-0.15, -0.1) is 0 Å². The van der Waals surface area contributed by atoms with E-state index in [0.29, 0.717) is 25.8 Å². The second kappa shape index (κ2) is 6.54. The molecule has 1 saturated carbocycles. The number of hydrogen-bond acceptors (Lipinski definition) is 4. The maximum Gasteiger partial charge on any atom is 0.310 e. The summed E-state index contributed by atoms with van der Waals surface area (Å²) in [6, 6.07) is 0. The Morgan fingerprint density at radius 3 is 2.37 bits per heavy atom. The predicted molar refractivity (Wildman–Crippen MR) is 67.3 cm³/mol. The van der Waals surface area contributed by atoms with Crippen LogP contribution in [0.3, 0.4) is 0 Å². The number of rotatable bonds is 5. The van der Waals surface area contributed by atoms with Gasteiger partial charge in [-0.1, -0.05) is 6.92 Å². The minimum absolute atomic E-state index is 0.0838. The van der Waals surface area contributed by atoms with Gasteiger partial charge in [0, 0.05) is 19.5 Å². The molecule has 1 amide bonds. The molecule has 0 radical (unpaired) electrons. The van der Waals surface area contributed by atoms with Crippen molar-refractivity contribution in [2.75, 3.05) is 20.7 Å². The first-order valence-corrected chi connectivity index (χ1v) is 6.42. The van der Waals surface area contributed by atoms with Gasteiger partial charge in [0.05, 0.1) is 18.9 Å². The van der Waals surface area contributed by atoms with Crippen LogP contribution < -0.4 is 0 Å². The molecular formula is C13H21NO5. The zero-order valence-electron chi connectivity index (χ0n) is 11.6. The Balaban J connectivity index is 2.49. The maximum atomic E-state index is 12.1. The molecule has 6 heteroatoms. The molecule has 0 aromatic carbocycles. The average Bonchev–Trinajstić information content (AvgIpc) is 2.86. The maximum absolute atomic E-state index is 12.1. The van der Waals surface area contributed by atoms with Crippen LogP contribution in [0.1, 0.15) is 26.2 Å². The van der Waals surface area contributed by atoms with E-state index in [0.717, 1.165) is 0 Å². The van der Waals surface area contributed by atoms with Crippen LogP contribution in [-0.2, 0) is 19.1 Å². The lowest BCUT2D eigenvalue weighted by Gasteiger charge is -2.23. The van der Waals surface area contributed by atoms with Gasteiger partial charge in [0.25, 0.3) is 0 Å². The molecular weight excluding hydrogens is 250 g/mol. The first-order valence-electron chi connectivity index (χ1n) is 6.42. The molecule has 0 saturated heterocycles. The SMILES string of the molecule is COC(=O)C(C)CN(C)C(=O)[C@@H]1CC[C@H](C(=O)O)C1. The third-order valence-electron chi connectivity index (χ3n) is 3.66. The van der Waals surface area contributed by atoms with Crippen molar-refractivity contribution in [1.82, 2.24) is 4.90 Å². The van der Waals surface area contributed by atoms with Crippen molar-refractivity contribution in [1.29, 1.82) is 0 Å². The van der Waals surface area contributed by atoms with Gasteiger partial charge in [-0.25, -0.2) is 0 Å². The first kappa shape index (κ1) is 15.5. The van der Waals surface area contributed by atoms with Crippen molar-refractivity contribution in [2.45, 2.75) is 26.2 Å². The highest BCUT2D eigenvalue weighted by molar-refractivity contribution is 5.81. The minimum Gasteiger partial charge on any atom is -0.481 e. The van der Waals surface area contributed by atoms with Gasteiger partial charge in [-0.05, 0) is 19.3 Å². The summed E-state index contributed by atoms with van der Waals surface area (Å²) >= 11 is 0. The smallest absolute Gasteiger partial charge is 0.310 e. The molecule has 3 atom stereocenters. The highest BCUT2D eigenvalue weighted by Crippen LogP contribution is 2.32. The van der Waals surface area contributed by atoms with Gasteiger partial charge >= 0.3 is 11.9 Å². The zero-order chi connectivity index (χ0) is 14.6. The van der Waals surface area contributed by atoms with Crippen molar-refractivity contribution >= 4 is 17.8 Å². The molecule has 1 N–H and O–H groups in total. The molecule has 1 unspecified atom stereocenters. The number of hydrogen-bond donors (Lipinski definition) is 1. The molecule has 108 valence electrons. The topological polar surface area (TPSA) is 83.9 Å². The summed E-state index contributed by atoms with van der Waals surface area (Å²) in [5, 5.41) is 8.92. The summed E-state index contributed by atoms with van der Waals surface area (Å²) < 4.78 is 4.61. The average molecular weight is 271 g/mol. The summed E-state index contributed by atoms with van der Waals surface area (Å²) in [5.74, 6) is -2.30. The number of carbonyl (C=O) groups is 3. The molecule has 0 spiro atoms. The number of aliphatic carboxylic acids is 1. The summed E-state index contributed by atoms with van der Waals surface area (Å²) in [7, 11) is 2.95. The van der Waals surface area contributed by atoms with Gasteiger partial charge in [0.15, 0.2) is 0 Å². The third-order valence-corrected chi connectivity index (χ3v) is 3.66. The fraction of sp³-hybridized carbons (Fsp3) is 0.769. The van der Waals surface area contributed by atoms with E-state index < -0.39 is 11.9 Å². The minimum atomic E-state index is -0.833. The highest BCUT2D eigenvalue weighted by atomic mass is 16.5. The van der Waals surface area contributed by atoms with E-state index >= 15 is 0 Å². The van der Waals surface area contributed by atoms with Gasteiger partial charge < -0.3 is 14.7 Å². The molecule has 1 aliphatic carbocycles. The number of nitrogens with zero attached hydrogens (tertiary/aromatic N) is 1. The monoisotopic (exact) mass is 271 g/mol. The molecule has 1 aliphatic rings. The van der Waals surface area contributed by atoms with Crippen LogP contribution in [0.4, 0.5) is 0 Å². The largest absolute Gasteiger partial charge is 0.481 e. The summed E-state index contributed by atoms with van der Waals surface area (Å²) in [6.45, 7) is 1.99. The van der Waals surface area contributed by atoms with E-state index in [9.17, 15) is 14.4 Å². The Morgan fingerprint density at radius 1 is 1.32 bits per heavy atom. The normalized spacial score (nSPS) is 23.7. The van der Waals surface area contributed by atoms with Crippen molar-refractivity contribution in [3.8, 4) is 0 Å². The van der Waals surface area contributed by atoms with Crippen LogP contribution in [0, 0.1) is 17.8 Å². The number of carboxylic acids is 1. The van der Waals surface area contributed by atoms with Crippen molar-refractivity contribution in [3.05, 3.63) is 0 Å². The van der Waals surface area contributed by atoms with Crippen molar-refractivity contribution < 1.29 is 24.2 Å². The van der Waals surface area contributed by atoms with Crippen LogP contribution in [0.15, 0.2) is 0 Å². The van der Waals surface area contributed by atoms with Gasteiger partial charge in [0.2, 0.25) is 5.91 Å². The fourth-order valence-electron chi connectivity index (χ4n) is 2.52. The Hall–Kier alpha value is -1.59.